The molecule has 1 aliphatic carbocycles. The Morgan fingerprint density at radius 3 is 1.77 bits per heavy atom. The van der Waals surface area contributed by atoms with Crippen molar-refractivity contribution in [1.82, 2.24) is 0 Å². The van der Waals surface area contributed by atoms with Gasteiger partial charge < -0.3 is 9.90 Å². The molecule has 0 amide bonds. The van der Waals surface area contributed by atoms with E-state index in [9.17, 15) is 0 Å². The topological polar surface area (TPSA) is 40.1 Å². The van der Waals surface area contributed by atoms with E-state index in [4.69, 9.17) is 9.90 Å². The monoisotopic (exact) mass is 270 g/mol. The van der Waals surface area contributed by atoms with Gasteiger partial charge in [0.15, 0.2) is 0 Å². The van der Waals surface area contributed by atoms with Crippen LogP contribution in [0.3, 0.4) is 0 Å². The molecule has 0 aromatic rings. The van der Waals surface area contributed by atoms with Gasteiger partial charge in [-0.25, -0.2) is 0 Å². The van der Waals surface area contributed by atoms with Crippen molar-refractivity contribution in [3.63, 3.8) is 0 Å². The zero-order valence-electron chi connectivity index (χ0n) is 7.79. The molecule has 0 saturated heterocycles. The molecule has 0 atom stereocenters. The molecule has 2 nitrogen and oxygen atoms in total. The van der Waals surface area contributed by atoms with Crippen molar-refractivity contribution in [2.75, 3.05) is 0 Å². The fraction of sp³-hybridized carbons (Fsp3) is 0.500. The minimum atomic E-state index is -1.08. The molecule has 0 aliphatic heterocycles. The van der Waals surface area contributed by atoms with Gasteiger partial charge in [-0.05, 0) is 32.6 Å². The molecular weight excluding hydrogens is 255 g/mol. The number of rotatable bonds is 0. The van der Waals surface area contributed by atoms with Crippen LogP contribution in [0.15, 0.2) is 24.3 Å². The summed E-state index contributed by atoms with van der Waals surface area (Å²) in [6, 6.07) is 0. The summed E-state index contributed by atoms with van der Waals surface area (Å²) in [6.45, 7) is 0.972. The molecule has 75 valence electrons. The first-order valence-corrected chi connectivity index (χ1v) is 4.22. The molecule has 0 N–H and O–H groups in total. The second-order valence-corrected chi connectivity index (χ2v) is 2.63. The molecule has 13 heavy (non-hydrogen) atoms. The first-order chi connectivity index (χ1) is 5.73. The number of carboxylic acids is 1. The Hall–Kier alpha value is -0.427. The largest absolute Gasteiger partial charge is 2.00 e. The number of carboxylic acid groups (broad SMARTS) is 1. The Labute approximate surface area is 92.5 Å². The zero-order valence-corrected chi connectivity index (χ0v) is 9.43. The molecule has 0 saturated carbocycles. The van der Waals surface area contributed by atoms with Gasteiger partial charge in [0, 0.05) is 5.97 Å². The minimum Gasteiger partial charge on any atom is -0.550 e. The van der Waals surface area contributed by atoms with Crippen molar-refractivity contribution in [1.29, 1.82) is 0 Å². The Bertz CT molecular complexity index is 156. The number of carbonyl (C=O) groups excluding carboxylic acids is 1. The van der Waals surface area contributed by atoms with Crippen LogP contribution in [-0.2, 0) is 24.3 Å². The van der Waals surface area contributed by atoms with Crippen molar-refractivity contribution in [3.05, 3.63) is 24.3 Å². The maximum atomic E-state index is 8.89. The molecule has 1 rings (SSSR count). The molecule has 0 aromatic heterocycles. The smallest absolute Gasteiger partial charge is 0.550 e. The van der Waals surface area contributed by atoms with E-state index in [-0.39, 0.29) is 19.5 Å². The third-order valence-corrected chi connectivity index (χ3v) is 1.37. The van der Waals surface area contributed by atoms with E-state index in [0.717, 1.165) is 6.92 Å². The first-order valence-electron chi connectivity index (χ1n) is 4.22. The Morgan fingerprint density at radius 1 is 1.15 bits per heavy atom. The molecule has 0 fully saturated rings. The van der Waals surface area contributed by atoms with Crippen molar-refractivity contribution < 1.29 is 29.4 Å². The summed E-state index contributed by atoms with van der Waals surface area (Å²) in [5, 5.41) is 8.89. The van der Waals surface area contributed by atoms with Gasteiger partial charge in [-0.15, -0.1) is 0 Å². The average molecular weight is 270 g/mol. The minimum absolute atomic E-state index is 0. The Morgan fingerprint density at radius 2 is 1.46 bits per heavy atom. The summed E-state index contributed by atoms with van der Waals surface area (Å²) >= 11 is 0. The van der Waals surface area contributed by atoms with E-state index >= 15 is 0 Å². The van der Waals surface area contributed by atoms with Crippen LogP contribution in [0.25, 0.3) is 0 Å². The summed E-state index contributed by atoms with van der Waals surface area (Å²) in [4.78, 5) is 8.89. The zero-order chi connectivity index (χ0) is 9.23. The maximum Gasteiger partial charge on any atom is 2.00 e. The van der Waals surface area contributed by atoms with Gasteiger partial charge in [0.2, 0.25) is 0 Å². The normalized spacial score (nSPS) is 19.2. The summed E-state index contributed by atoms with van der Waals surface area (Å²) in [5.74, 6) is -1.08. The van der Waals surface area contributed by atoms with E-state index < -0.39 is 5.97 Å². The second-order valence-electron chi connectivity index (χ2n) is 2.63. The summed E-state index contributed by atoms with van der Waals surface area (Å²) in [5.41, 5.74) is 0. The third kappa shape index (κ3) is 18.5. The van der Waals surface area contributed by atoms with Gasteiger partial charge in [-0.3, -0.25) is 0 Å². The van der Waals surface area contributed by atoms with Gasteiger partial charge in [0.1, 0.15) is 0 Å². The molecule has 1 aliphatic rings. The maximum absolute atomic E-state index is 8.89. The van der Waals surface area contributed by atoms with Gasteiger partial charge in [-0.2, -0.15) is 0 Å². The molecule has 1 radical (unpaired) electrons. The van der Waals surface area contributed by atoms with E-state index in [1.54, 1.807) is 0 Å². The van der Waals surface area contributed by atoms with Gasteiger partial charge in [-0.1, -0.05) is 24.3 Å². The van der Waals surface area contributed by atoms with Crippen molar-refractivity contribution in [2.24, 2.45) is 0 Å². The van der Waals surface area contributed by atoms with Crippen LogP contribution in [0, 0.1) is 0 Å². The number of aliphatic carboxylic acids is 1. The van der Waals surface area contributed by atoms with Crippen molar-refractivity contribution in [2.45, 2.75) is 32.6 Å². The fourth-order valence-corrected chi connectivity index (χ4v) is 0.874. The van der Waals surface area contributed by atoms with Crippen LogP contribution in [0.5, 0.6) is 0 Å². The standard InChI is InChI=1S/C8H12.C2H4O2.Rh/c1-2-4-6-8-7-5-3-1;1-2(3)4;/h1-4H,5-8H2;1H3,(H,3,4);/q;;+2/p-1/b3-1-,4-2-;;. The molecule has 0 unspecified atom stereocenters. The fourth-order valence-electron chi connectivity index (χ4n) is 0.874. The molecule has 3 heteroatoms. The summed E-state index contributed by atoms with van der Waals surface area (Å²) in [7, 11) is 0. The molecule has 0 heterocycles. The van der Waals surface area contributed by atoms with Gasteiger partial charge >= 0.3 is 19.5 Å². The van der Waals surface area contributed by atoms with E-state index in [2.05, 4.69) is 24.3 Å². The molecule has 0 bridgehead atoms. The van der Waals surface area contributed by atoms with E-state index in [0.29, 0.717) is 0 Å². The van der Waals surface area contributed by atoms with Crippen LogP contribution in [0.2, 0.25) is 0 Å². The number of hydrogen-bond donors (Lipinski definition) is 0. The first kappa shape index (κ1) is 15.1. The quantitative estimate of drug-likeness (QED) is 0.625. The number of carbonyl (C=O) groups is 1. The third-order valence-electron chi connectivity index (χ3n) is 1.37. The predicted molar refractivity (Wildman–Crippen MR) is 47.4 cm³/mol. The van der Waals surface area contributed by atoms with Crippen LogP contribution < -0.4 is 5.11 Å². The van der Waals surface area contributed by atoms with Crippen LogP contribution in [-0.4, -0.2) is 5.97 Å². The summed E-state index contributed by atoms with van der Waals surface area (Å²) < 4.78 is 0. The molecule has 0 spiro atoms. The Kier molecular flexibility index (Phi) is 13.4. The van der Waals surface area contributed by atoms with Gasteiger partial charge in [0.05, 0.1) is 0 Å². The van der Waals surface area contributed by atoms with Crippen LogP contribution in [0.4, 0.5) is 0 Å². The molecular formula is C10H15O2Rh+. The summed E-state index contributed by atoms with van der Waals surface area (Å²) in [6.07, 6.45) is 14.0. The van der Waals surface area contributed by atoms with Crippen LogP contribution >= 0.6 is 0 Å². The van der Waals surface area contributed by atoms with E-state index in [1.165, 1.54) is 25.7 Å². The van der Waals surface area contributed by atoms with Crippen LogP contribution in [0.1, 0.15) is 32.6 Å². The van der Waals surface area contributed by atoms with Crippen molar-refractivity contribution in [3.8, 4) is 0 Å². The van der Waals surface area contributed by atoms with Gasteiger partial charge in [0.25, 0.3) is 0 Å². The SMILES string of the molecule is C1=C\CCCC\C=C/1.CC(=O)[O-].[Rh+2]. The number of hydrogen-bond acceptors (Lipinski definition) is 2. The number of allylic oxidation sites excluding steroid dienone is 4. The molecule has 0 aromatic carbocycles. The van der Waals surface area contributed by atoms with Crippen molar-refractivity contribution >= 4 is 5.97 Å². The van der Waals surface area contributed by atoms with E-state index in [1.807, 2.05) is 0 Å². The Balaban J connectivity index is 0. The predicted octanol–water partition coefficient (Wildman–Crippen LogP) is 1.43. The average Bonchev–Trinajstić information content (AvgIpc) is 1.82. The second kappa shape index (κ2) is 11.6.